The molecule has 0 fully saturated rings. The van der Waals surface area contributed by atoms with E-state index < -0.39 is 0 Å². The minimum atomic E-state index is 0. The molecule has 1 aromatic carbocycles. The van der Waals surface area contributed by atoms with Gasteiger partial charge in [0.05, 0.1) is 19.8 Å². The molecule has 0 spiro atoms. The maximum absolute atomic E-state index is 8.63. The Hall–Kier alpha value is -0.506. The molecule has 1 rings (SSSR count). The molecule has 0 saturated carbocycles. The van der Waals surface area contributed by atoms with E-state index in [-0.39, 0.29) is 21.7 Å². The Morgan fingerprint density at radius 1 is 0.750 bits per heavy atom. The molecule has 0 unspecified atom stereocenters. The van der Waals surface area contributed by atoms with E-state index in [1.54, 1.807) is 45.0 Å². The normalized spacial score (nSPS) is 7.50. The summed E-state index contributed by atoms with van der Waals surface area (Å²) in [6.07, 6.45) is 0. The number of rotatable bonds is 3. The maximum Gasteiger partial charge on any atom is 0.115 e. The third kappa shape index (κ3) is 43.2. The molecule has 1 aromatic rings. The van der Waals surface area contributed by atoms with Gasteiger partial charge in [0.2, 0.25) is 0 Å². The first kappa shape index (κ1) is 27.8. The molecular weight excluding hydrogens is 304 g/mol. The minimum Gasteiger partial charge on any atom is -0.508 e. The third-order valence-electron chi connectivity index (χ3n) is 1.14. The molecule has 118 valence electrons. The maximum atomic E-state index is 8.63. The standard InChI is InChI=1S/C6H6O.3C2H6O2.Ti/c7-6-4-2-1-3-5-6;3*1-2-4-3;/h1-5,7H;3*3H,2H2,1H3;. The van der Waals surface area contributed by atoms with Gasteiger partial charge in [0, 0.05) is 21.7 Å². The Labute approximate surface area is 134 Å². The summed E-state index contributed by atoms with van der Waals surface area (Å²) in [5.41, 5.74) is 0. The monoisotopic (exact) mass is 328 g/mol. The van der Waals surface area contributed by atoms with E-state index in [2.05, 4.69) is 14.7 Å². The fourth-order valence-electron chi connectivity index (χ4n) is 0.428. The van der Waals surface area contributed by atoms with Gasteiger partial charge in [0.1, 0.15) is 5.75 Å². The molecule has 0 radical (unpaired) electrons. The van der Waals surface area contributed by atoms with Gasteiger partial charge in [0.25, 0.3) is 0 Å². The van der Waals surface area contributed by atoms with Crippen molar-refractivity contribution in [3.8, 4) is 5.75 Å². The van der Waals surface area contributed by atoms with E-state index in [4.69, 9.17) is 20.9 Å². The van der Waals surface area contributed by atoms with Crippen LogP contribution in [-0.4, -0.2) is 40.7 Å². The van der Waals surface area contributed by atoms with Gasteiger partial charge in [-0.3, -0.25) is 15.8 Å². The number of phenolic OH excluding ortho intramolecular Hbond substituents is 1. The first-order chi connectivity index (χ1) is 9.14. The molecule has 0 bridgehead atoms. The smallest absolute Gasteiger partial charge is 0.115 e. The van der Waals surface area contributed by atoms with Gasteiger partial charge < -0.3 is 5.11 Å². The van der Waals surface area contributed by atoms with Crippen molar-refractivity contribution in [3.63, 3.8) is 0 Å². The van der Waals surface area contributed by atoms with Crippen LogP contribution in [0.2, 0.25) is 0 Å². The molecule has 0 aromatic heterocycles. The van der Waals surface area contributed by atoms with Crippen LogP contribution in [0, 0.1) is 0 Å². The third-order valence-corrected chi connectivity index (χ3v) is 1.14. The van der Waals surface area contributed by atoms with Crippen molar-refractivity contribution in [1.29, 1.82) is 0 Å². The predicted molar refractivity (Wildman–Crippen MR) is 70.9 cm³/mol. The van der Waals surface area contributed by atoms with E-state index in [1.165, 1.54) is 0 Å². The zero-order chi connectivity index (χ0) is 15.4. The van der Waals surface area contributed by atoms with Crippen molar-refractivity contribution in [2.24, 2.45) is 0 Å². The Balaban J connectivity index is -0.0000000881. The van der Waals surface area contributed by atoms with Gasteiger partial charge >= 0.3 is 0 Å². The second kappa shape index (κ2) is 31.1. The molecule has 7 nitrogen and oxygen atoms in total. The van der Waals surface area contributed by atoms with Crippen molar-refractivity contribution in [2.45, 2.75) is 20.8 Å². The summed E-state index contributed by atoms with van der Waals surface area (Å²) < 4.78 is 0. The van der Waals surface area contributed by atoms with Gasteiger partial charge in [-0.2, -0.15) is 0 Å². The van der Waals surface area contributed by atoms with Crippen molar-refractivity contribution in [1.82, 2.24) is 0 Å². The number of phenols is 1. The van der Waals surface area contributed by atoms with Crippen LogP contribution in [0.3, 0.4) is 0 Å². The molecule has 20 heavy (non-hydrogen) atoms. The van der Waals surface area contributed by atoms with E-state index >= 15 is 0 Å². The van der Waals surface area contributed by atoms with Gasteiger partial charge in [-0.25, -0.2) is 14.7 Å². The molecule has 0 aliphatic rings. The summed E-state index contributed by atoms with van der Waals surface area (Å²) in [6, 6.07) is 8.71. The van der Waals surface area contributed by atoms with E-state index in [0.29, 0.717) is 25.6 Å². The number of hydrogen-bond acceptors (Lipinski definition) is 7. The van der Waals surface area contributed by atoms with Gasteiger partial charge in [-0.15, -0.1) is 0 Å². The zero-order valence-corrected chi connectivity index (χ0v) is 13.6. The van der Waals surface area contributed by atoms with Crippen LogP contribution in [0.25, 0.3) is 0 Å². The van der Waals surface area contributed by atoms with Crippen LogP contribution in [0.1, 0.15) is 20.8 Å². The predicted octanol–water partition coefficient (Wildman–Crippen LogP) is 2.88. The van der Waals surface area contributed by atoms with Crippen LogP contribution < -0.4 is 0 Å². The number of benzene rings is 1. The summed E-state index contributed by atoms with van der Waals surface area (Å²) in [5.74, 6) is 0.322. The Kier molecular flexibility index (Phi) is 43.2. The SMILES string of the molecule is CCOO.CCOO.CCOO.Oc1ccccc1.[Ti]. The summed E-state index contributed by atoms with van der Waals surface area (Å²) in [6.45, 7) is 6.25. The minimum absolute atomic E-state index is 0. The second-order valence-corrected chi connectivity index (χ2v) is 2.59. The number of hydrogen-bond donors (Lipinski definition) is 4. The van der Waals surface area contributed by atoms with Gasteiger partial charge in [0.15, 0.2) is 0 Å². The second-order valence-electron chi connectivity index (χ2n) is 2.59. The molecule has 0 aliphatic heterocycles. The molecule has 4 N–H and O–H groups in total. The molecule has 0 heterocycles. The largest absolute Gasteiger partial charge is 0.508 e. The summed E-state index contributed by atoms with van der Waals surface area (Å²) in [4.78, 5) is 10.6. The molecule has 0 aliphatic carbocycles. The zero-order valence-electron chi connectivity index (χ0n) is 12.0. The van der Waals surface area contributed by atoms with E-state index in [9.17, 15) is 0 Å². The first-order valence-corrected chi connectivity index (χ1v) is 5.67. The van der Waals surface area contributed by atoms with Crippen LogP contribution >= 0.6 is 0 Å². The first-order valence-electron chi connectivity index (χ1n) is 5.67. The molecule has 0 saturated heterocycles. The summed E-state index contributed by atoms with van der Waals surface area (Å²) in [7, 11) is 0. The van der Waals surface area contributed by atoms with Crippen LogP contribution in [-0.2, 0) is 36.4 Å². The molecular formula is C12H24O7Ti. The van der Waals surface area contributed by atoms with E-state index in [0.717, 1.165) is 0 Å². The summed E-state index contributed by atoms with van der Waals surface area (Å²) >= 11 is 0. The topological polar surface area (TPSA) is 109 Å². The number of para-hydroxylation sites is 1. The fraction of sp³-hybridized carbons (Fsp3) is 0.500. The molecule has 0 amide bonds. The van der Waals surface area contributed by atoms with Crippen molar-refractivity contribution in [3.05, 3.63) is 30.3 Å². The van der Waals surface area contributed by atoms with Gasteiger partial charge in [-0.05, 0) is 32.9 Å². The fourth-order valence-corrected chi connectivity index (χ4v) is 0.428. The Bertz CT molecular complexity index is 209. The van der Waals surface area contributed by atoms with Crippen LogP contribution in [0.4, 0.5) is 0 Å². The Morgan fingerprint density at radius 2 is 1.00 bits per heavy atom. The summed E-state index contributed by atoms with van der Waals surface area (Å²) in [5, 5.41) is 30.8. The van der Waals surface area contributed by atoms with Crippen molar-refractivity contribution in [2.75, 3.05) is 19.8 Å². The van der Waals surface area contributed by atoms with E-state index in [1.807, 2.05) is 6.07 Å². The molecule has 8 heteroatoms. The molecule has 0 atom stereocenters. The van der Waals surface area contributed by atoms with Crippen LogP contribution in [0.5, 0.6) is 5.75 Å². The van der Waals surface area contributed by atoms with Crippen LogP contribution in [0.15, 0.2) is 30.3 Å². The quantitative estimate of drug-likeness (QED) is 0.384. The average Bonchev–Trinajstić information content (AvgIpc) is 2.48. The van der Waals surface area contributed by atoms with Crippen molar-refractivity contribution >= 4 is 0 Å². The number of aromatic hydroxyl groups is 1. The average molecular weight is 328 g/mol. The Morgan fingerprint density at radius 3 is 1.10 bits per heavy atom. The van der Waals surface area contributed by atoms with Crippen molar-refractivity contribution < 1.29 is 57.3 Å². The van der Waals surface area contributed by atoms with Gasteiger partial charge in [-0.1, -0.05) is 18.2 Å².